The van der Waals surface area contributed by atoms with Crippen molar-refractivity contribution in [2.24, 2.45) is 22.7 Å². The summed E-state index contributed by atoms with van der Waals surface area (Å²) in [6.45, 7) is 6.44. The van der Waals surface area contributed by atoms with Crippen LogP contribution in [-0.4, -0.2) is 18.0 Å². The van der Waals surface area contributed by atoms with Crippen LogP contribution in [0.2, 0.25) is 0 Å². The lowest BCUT2D eigenvalue weighted by Crippen LogP contribution is -2.30. The number of unbranched alkanes of at least 4 members (excludes halogenated alkanes) is 1. The third-order valence-electron chi connectivity index (χ3n) is 8.68. The van der Waals surface area contributed by atoms with E-state index in [1.165, 1.54) is 62.8 Å². The van der Waals surface area contributed by atoms with Crippen LogP contribution in [0.3, 0.4) is 0 Å². The molecule has 2 aromatic carbocycles. The van der Waals surface area contributed by atoms with Gasteiger partial charge >= 0.3 is 0 Å². The number of halogens is 3. The van der Waals surface area contributed by atoms with Crippen molar-refractivity contribution >= 4 is 5.90 Å². The van der Waals surface area contributed by atoms with Crippen molar-refractivity contribution in [1.82, 2.24) is 0 Å². The second-order valence-electron chi connectivity index (χ2n) is 11.9. The number of aliphatic imine (C=N–C) groups is 1. The molecule has 4 unspecified atom stereocenters. The molecule has 2 fully saturated rings. The van der Waals surface area contributed by atoms with Crippen molar-refractivity contribution in [1.29, 1.82) is 0 Å². The molecule has 2 nitrogen and oxygen atoms in total. The second-order valence-corrected chi connectivity index (χ2v) is 11.9. The summed E-state index contributed by atoms with van der Waals surface area (Å²) in [7, 11) is 0. The van der Waals surface area contributed by atoms with Gasteiger partial charge in [0.25, 0.3) is 0 Å². The van der Waals surface area contributed by atoms with Crippen molar-refractivity contribution in [3.63, 3.8) is 0 Å². The largest absolute Gasteiger partial charge is 0.475 e. The van der Waals surface area contributed by atoms with E-state index in [0.717, 1.165) is 36.7 Å². The van der Waals surface area contributed by atoms with Crippen molar-refractivity contribution in [2.45, 2.75) is 90.0 Å². The molecule has 2 aliphatic carbocycles. The van der Waals surface area contributed by atoms with Gasteiger partial charge in [-0.2, -0.15) is 0 Å². The molecule has 0 bridgehead atoms. The van der Waals surface area contributed by atoms with Gasteiger partial charge in [0.05, 0.1) is 16.7 Å². The van der Waals surface area contributed by atoms with Crippen LogP contribution in [0.5, 0.6) is 0 Å². The van der Waals surface area contributed by atoms with Gasteiger partial charge in [0.2, 0.25) is 5.90 Å². The van der Waals surface area contributed by atoms with Gasteiger partial charge in [-0.15, -0.1) is 0 Å². The van der Waals surface area contributed by atoms with E-state index < -0.39 is 23.0 Å². The third-order valence-corrected chi connectivity index (χ3v) is 8.68. The Morgan fingerprint density at radius 2 is 1.64 bits per heavy atom. The number of ether oxygens (including phenoxy) is 1. The summed E-state index contributed by atoms with van der Waals surface area (Å²) in [5.41, 5.74) is 0.548. The Labute approximate surface area is 213 Å². The molecule has 0 aromatic heterocycles. The summed E-state index contributed by atoms with van der Waals surface area (Å²) in [6.07, 6.45) is 11.0. The Morgan fingerprint density at radius 1 is 0.917 bits per heavy atom. The van der Waals surface area contributed by atoms with Crippen LogP contribution >= 0.6 is 0 Å². The monoisotopic (exact) mass is 497 g/mol. The number of hydrogen-bond donors (Lipinski definition) is 0. The lowest BCUT2D eigenvalue weighted by Gasteiger charge is -2.42. The standard InChI is InChI=1S/C31H38F3NO/c1-4-5-6-19-7-8-21-14-22(10-9-20(21)13-19)24-16-27(33)29(28(34)17-24)23-11-12-25(26(32)15-23)30-35-31(2,3)18-36-30/h11-12,15-17,19-22H,4-10,13-14,18H2,1-3H3. The zero-order valence-electron chi connectivity index (χ0n) is 21.8. The van der Waals surface area contributed by atoms with Crippen molar-refractivity contribution in [3.05, 3.63) is 58.9 Å². The molecule has 0 spiro atoms. The Hall–Kier alpha value is -2.30. The molecule has 0 amide bonds. The van der Waals surface area contributed by atoms with Crippen molar-refractivity contribution in [2.75, 3.05) is 6.61 Å². The van der Waals surface area contributed by atoms with Crippen LogP contribution in [0.15, 0.2) is 35.3 Å². The second kappa shape index (κ2) is 10.2. The molecule has 0 N–H and O–H groups in total. The smallest absolute Gasteiger partial charge is 0.219 e. The highest BCUT2D eigenvalue weighted by atomic mass is 19.1. The molecule has 1 aliphatic heterocycles. The molecule has 1 heterocycles. The fraction of sp³-hybridized carbons (Fsp3) is 0.581. The number of benzene rings is 2. The Bertz CT molecular complexity index is 1120. The van der Waals surface area contributed by atoms with Gasteiger partial charge in [-0.1, -0.05) is 38.7 Å². The first-order valence-electron chi connectivity index (χ1n) is 13.8. The maximum Gasteiger partial charge on any atom is 0.219 e. The Kier molecular flexibility index (Phi) is 7.20. The van der Waals surface area contributed by atoms with E-state index in [1.54, 1.807) is 6.07 Å². The number of fused-ring (bicyclic) bond motifs is 1. The highest BCUT2D eigenvalue weighted by Crippen LogP contribution is 2.49. The van der Waals surface area contributed by atoms with E-state index in [9.17, 15) is 4.39 Å². The quantitative estimate of drug-likeness (QED) is 0.391. The fourth-order valence-corrected chi connectivity index (χ4v) is 6.71. The van der Waals surface area contributed by atoms with Gasteiger partial charge in [-0.3, -0.25) is 0 Å². The van der Waals surface area contributed by atoms with E-state index in [-0.39, 0.29) is 28.5 Å². The van der Waals surface area contributed by atoms with Crippen molar-refractivity contribution in [3.8, 4) is 11.1 Å². The molecule has 5 heteroatoms. The lowest BCUT2D eigenvalue weighted by atomic mass is 9.63. The maximum atomic E-state index is 15.3. The molecular formula is C31H38F3NO. The summed E-state index contributed by atoms with van der Waals surface area (Å²) >= 11 is 0. The van der Waals surface area contributed by atoms with Crippen LogP contribution in [0.25, 0.3) is 11.1 Å². The highest BCUT2D eigenvalue weighted by Gasteiger charge is 2.36. The summed E-state index contributed by atoms with van der Waals surface area (Å²) < 4.78 is 51.0. The predicted octanol–water partition coefficient (Wildman–Crippen LogP) is 8.82. The molecule has 0 saturated heterocycles. The van der Waals surface area contributed by atoms with Gasteiger partial charge in [-0.25, -0.2) is 18.2 Å². The Balaban J connectivity index is 1.31. The summed E-state index contributed by atoms with van der Waals surface area (Å²) in [6, 6.07) is 7.17. The molecular weight excluding hydrogens is 459 g/mol. The highest BCUT2D eigenvalue weighted by molar-refractivity contribution is 5.96. The first-order valence-corrected chi connectivity index (χ1v) is 13.8. The van der Waals surface area contributed by atoms with E-state index in [0.29, 0.717) is 12.5 Å². The van der Waals surface area contributed by atoms with Crippen LogP contribution in [-0.2, 0) is 4.74 Å². The molecule has 5 rings (SSSR count). The number of nitrogens with zero attached hydrogens (tertiary/aromatic N) is 1. The minimum Gasteiger partial charge on any atom is -0.475 e. The average Bonchev–Trinajstić information content (AvgIpc) is 3.21. The van der Waals surface area contributed by atoms with E-state index in [4.69, 9.17) is 4.74 Å². The molecule has 2 saturated carbocycles. The zero-order valence-corrected chi connectivity index (χ0v) is 21.8. The lowest BCUT2D eigenvalue weighted by molar-refractivity contribution is 0.113. The van der Waals surface area contributed by atoms with Gasteiger partial charge in [0.15, 0.2) is 0 Å². The van der Waals surface area contributed by atoms with Gasteiger partial charge in [-0.05, 0) is 105 Å². The average molecular weight is 498 g/mol. The molecule has 194 valence electrons. The minimum atomic E-state index is -0.627. The summed E-state index contributed by atoms with van der Waals surface area (Å²) in [4.78, 5) is 4.40. The summed E-state index contributed by atoms with van der Waals surface area (Å²) in [5, 5.41) is 0. The van der Waals surface area contributed by atoms with Crippen LogP contribution in [0.4, 0.5) is 13.2 Å². The van der Waals surface area contributed by atoms with Gasteiger partial charge in [0.1, 0.15) is 24.1 Å². The molecule has 0 radical (unpaired) electrons. The third kappa shape index (κ3) is 5.21. The predicted molar refractivity (Wildman–Crippen MR) is 139 cm³/mol. The molecule has 4 atom stereocenters. The van der Waals surface area contributed by atoms with Crippen molar-refractivity contribution < 1.29 is 17.9 Å². The topological polar surface area (TPSA) is 21.6 Å². The fourth-order valence-electron chi connectivity index (χ4n) is 6.71. The SMILES string of the molecule is CCCCC1CCC2CC(c3cc(F)c(-c4ccc(C5=NC(C)(C)CO5)c(F)c4)c(F)c3)CCC2C1. The molecule has 36 heavy (non-hydrogen) atoms. The van der Waals surface area contributed by atoms with Crippen LogP contribution in [0, 0.1) is 35.2 Å². The van der Waals surface area contributed by atoms with E-state index in [1.807, 2.05) is 13.8 Å². The summed E-state index contributed by atoms with van der Waals surface area (Å²) in [5.74, 6) is 0.872. The number of rotatable bonds is 6. The number of hydrogen-bond acceptors (Lipinski definition) is 2. The van der Waals surface area contributed by atoms with E-state index in [2.05, 4.69) is 11.9 Å². The molecule has 3 aliphatic rings. The van der Waals surface area contributed by atoms with Gasteiger partial charge in [0, 0.05) is 0 Å². The minimum absolute atomic E-state index is 0.177. The Morgan fingerprint density at radius 3 is 2.31 bits per heavy atom. The van der Waals surface area contributed by atoms with Gasteiger partial charge < -0.3 is 4.74 Å². The zero-order chi connectivity index (χ0) is 25.4. The van der Waals surface area contributed by atoms with Crippen LogP contribution < -0.4 is 0 Å². The van der Waals surface area contributed by atoms with E-state index >= 15 is 8.78 Å². The first-order chi connectivity index (χ1) is 17.2. The maximum absolute atomic E-state index is 15.3. The first kappa shape index (κ1) is 25.4. The van der Waals surface area contributed by atoms with Crippen LogP contribution in [0.1, 0.15) is 95.6 Å². The normalized spacial score (nSPS) is 27.3. The molecule has 2 aromatic rings.